The molecule has 7 heteroatoms. The Morgan fingerprint density at radius 3 is 2.68 bits per heavy atom. The lowest BCUT2D eigenvalue weighted by Crippen LogP contribution is -2.43. The molecule has 1 heterocycles. The summed E-state index contributed by atoms with van der Waals surface area (Å²) in [7, 11) is 1.70. The van der Waals surface area contributed by atoms with Gasteiger partial charge in [-0.15, -0.1) is 0 Å². The number of hydrogen-bond acceptors (Lipinski definition) is 3. The molecule has 0 saturated carbocycles. The minimum absolute atomic E-state index is 0.302. The number of rotatable bonds is 6. The Hall–Kier alpha value is -2.08. The molecule has 0 aliphatic carbocycles. The molecule has 0 atom stereocenters. The zero-order valence-corrected chi connectivity index (χ0v) is 15.7. The molecule has 0 spiro atoms. The quantitative estimate of drug-likeness (QED) is 0.604. The molecule has 0 bridgehead atoms. The highest BCUT2D eigenvalue weighted by Crippen LogP contribution is 2.29. The van der Waals surface area contributed by atoms with Crippen molar-refractivity contribution in [3.63, 3.8) is 0 Å². The second-order valence-corrected chi connectivity index (χ2v) is 6.83. The van der Waals surface area contributed by atoms with Crippen molar-refractivity contribution in [2.24, 2.45) is 4.99 Å². The zero-order valence-electron chi connectivity index (χ0n) is 15.0. The van der Waals surface area contributed by atoms with Gasteiger partial charge in [0.25, 0.3) is 0 Å². The van der Waals surface area contributed by atoms with Gasteiger partial charge in [-0.1, -0.05) is 43.6 Å². The Labute approximate surface area is 152 Å². The van der Waals surface area contributed by atoms with Crippen molar-refractivity contribution in [2.45, 2.75) is 39.2 Å². The summed E-state index contributed by atoms with van der Waals surface area (Å²) in [6.07, 6.45) is 0.836. The summed E-state index contributed by atoms with van der Waals surface area (Å²) in [5.74, 6) is 1.05. The maximum atomic E-state index is 13.3. The van der Waals surface area contributed by atoms with Crippen molar-refractivity contribution in [1.29, 1.82) is 0 Å². The Morgan fingerprint density at radius 2 is 2.08 bits per heavy atom. The van der Waals surface area contributed by atoms with Gasteiger partial charge < -0.3 is 15.2 Å². The minimum atomic E-state index is -0.339. The van der Waals surface area contributed by atoms with Crippen LogP contribution in [0.25, 0.3) is 0 Å². The van der Waals surface area contributed by atoms with Crippen molar-refractivity contribution in [3.05, 3.63) is 52.1 Å². The minimum Gasteiger partial charge on any atom is -0.359 e. The van der Waals surface area contributed by atoms with E-state index < -0.39 is 0 Å². The van der Waals surface area contributed by atoms with E-state index in [9.17, 15) is 4.39 Å². The van der Waals surface area contributed by atoms with E-state index in [-0.39, 0.29) is 11.2 Å². The van der Waals surface area contributed by atoms with Crippen molar-refractivity contribution in [3.8, 4) is 0 Å². The molecule has 2 rings (SSSR count). The third-order valence-electron chi connectivity index (χ3n) is 3.98. The maximum Gasteiger partial charge on any atom is 0.191 e. The van der Waals surface area contributed by atoms with Gasteiger partial charge in [0.05, 0.1) is 12.2 Å². The summed E-state index contributed by atoms with van der Waals surface area (Å²) in [4.78, 5) is 4.20. The van der Waals surface area contributed by atoms with Gasteiger partial charge in [0.1, 0.15) is 5.82 Å². The standard InChI is InChI=1S/C18H24ClFN4O/c1-5-13-9-14(25-24-13)10-22-17(21-4)23-11-18(2,3)15-7-6-12(20)8-16(15)19/h6-9H,5,10-11H2,1-4H3,(H2,21,22,23). The number of nitrogens with one attached hydrogen (secondary N) is 2. The lowest BCUT2D eigenvalue weighted by Gasteiger charge is -2.27. The largest absolute Gasteiger partial charge is 0.359 e. The van der Waals surface area contributed by atoms with Gasteiger partial charge in [0, 0.05) is 30.1 Å². The maximum absolute atomic E-state index is 13.3. The predicted molar refractivity (Wildman–Crippen MR) is 98.5 cm³/mol. The van der Waals surface area contributed by atoms with Gasteiger partial charge in [0.15, 0.2) is 11.7 Å². The second-order valence-electron chi connectivity index (χ2n) is 6.43. The fraction of sp³-hybridized carbons (Fsp3) is 0.444. The van der Waals surface area contributed by atoms with Crippen LogP contribution in [0.1, 0.15) is 37.8 Å². The van der Waals surface area contributed by atoms with Crippen molar-refractivity contribution in [1.82, 2.24) is 15.8 Å². The summed E-state index contributed by atoms with van der Waals surface area (Å²) >= 11 is 6.19. The van der Waals surface area contributed by atoms with Gasteiger partial charge >= 0.3 is 0 Å². The molecule has 0 saturated heterocycles. The molecule has 2 aromatic rings. The first-order chi connectivity index (χ1) is 11.9. The predicted octanol–water partition coefficient (Wildman–Crippen LogP) is 3.67. The van der Waals surface area contributed by atoms with Crippen LogP contribution >= 0.6 is 11.6 Å². The molecule has 25 heavy (non-hydrogen) atoms. The summed E-state index contributed by atoms with van der Waals surface area (Å²) in [5, 5.41) is 10.8. The summed E-state index contributed by atoms with van der Waals surface area (Å²) in [6, 6.07) is 6.39. The van der Waals surface area contributed by atoms with E-state index in [0.29, 0.717) is 24.1 Å². The molecule has 1 aromatic carbocycles. The summed E-state index contributed by atoms with van der Waals surface area (Å²) < 4.78 is 18.5. The monoisotopic (exact) mass is 366 g/mol. The SMILES string of the molecule is CCc1cc(CNC(=NC)NCC(C)(C)c2ccc(F)cc2Cl)on1. The van der Waals surface area contributed by atoms with Crippen molar-refractivity contribution >= 4 is 17.6 Å². The third kappa shape index (κ3) is 5.19. The molecular formula is C18H24ClFN4O. The summed E-state index contributed by atoms with van der Waals surface area (Å²) in [5.41, 5.74) is 1.50. The normalized spacial score (nSPS) is 12.3. The average molecular weight is 367 g/mol. The topological polar surface area (TPSA) is 62.5 Å². The van der Waals surface area contributed by atoms with Crippen molar-refractivity contribution in [2.75, 3.05) is 13.6 Å². The molecule has 0 fully saturated rings. The number of benzene rings is 1. The first kappa shape index (κ1) is 19.2. The Bertz CT molecular complexity index is 742. The number of nitrogens with zero attached hydrogens (tertiary/aromatic N) is 2. The van der Waals surface area contributed by atoms with E-state index in [2.05, 4.69) is 20.8 Å². The zero-order chi connectivity index (χ0) is 18.4. The Morgan fingerprint density at radius 1 is 1.32 bits per heavy atom. The van der Waals surface area contributed by atoms with Gasteiger partial charge in [-0.2, -0.15) is 0 Å². The molecule has 1 aromatic heterocycles. The van der Waals surface area contributed by atoms with E-state index in [1.807, 2.05) is 26.8 Å². The van der Waals surface area contributed by atoms with Gasteiger partial charge in [-0.25, -0.2) is 4.39 Å². The number of guanidine groups is 1. The first-order valence-electron chi connectivity index (χ1n) is 8.20. The lowest BCUT2D eigenvalue weighted by atomic mass is 9.84. The van der Waals surface area contributed by atoms with E-state index in [1.165, 1.54) is 12.1 Å². The van der Waals surface area contributed by atoms with Crippen LogP contribution < -0.4 is 10.6 Å². The van der Waals surface area contributed by atoms with Crippen LogP contribution in [0, 0.1) is 5.82 Å². The molecule has 0 unspecified atom stereocenters. The van der Waals surface area contributed by atoms with Crippen LogP contribution in [0.5, 0.6) is 0 Å². The van der Waals surface area contributed by atoms with Crippen LogP contribution in [0.15, 0.2) is 33.8 Å². The van der Waals surface area contributed by atoms with Gasteiger partial charge in [-0.3, -0.25) is 4.99 Å². The molecule has 0 aliphatic heterocycles. The molecule has 136 valence electrons. The highest BCUT2D eigenvalue weighted by atomic mass is 35.5. The Kier molecular flexibility index (Phi) is 6.42. The number of halogens is 2. The molecule has 0 radical (unpaired) electrons. The average Bonchev–Trinajstić information content (AvgIpc) is 3.02. The number of aromatic nitrogens is 1. The molecule has 5 nitrogen and oxygen atoms in total. The lowest BCUT2D eigenvalue weighted by molar-refractivity contribution is 0.374. The van der Waals surface area contributed by atoms with E-state index in [1.54, 1.807) is 13.1 Å². The van der Waals surface area contributed by atoms with Crippen LogP contribution in [0.2, 0.25) is 5.02 Å². The smallest absolute Gasteiger partial charge is 0.191 e. The summed E-state index contributed by atoms with van der Waals surface area (Å²) in [6.45, 7) is 7.17. The highest BCUT2D eigenvalue weighted by Gasteiger charge is 2.24. The van der Waals surface area contributed by atoms with E-state index >= 15 is 0 Å². The first-order valence-corrected chi connectivity index (χ1v) is 8.58. The second kappa shape index (κ2) is 8.34. The van der Waals surface area contributed by atoms with Crippen LogP contribution in [-0.2, 0) is 18.4 Å². The number of hydrogen-bond donors (Lipinski definition) is 2. The van der Waals surface area contributed by atoms with Crippen LogP contribution in [0.4, 0.5) is 4.39 Å². The van der Waals surface area contributed by atoms with Gasteiger partial charge in [0.2, 0.25) is 0 Å². The molecule has 2 N–H and O–H groups in total. The highest BCUT2D eigenvalue weighted by molar-refractivity contribution is 6.31. The Balaban J connectivity index is 1.94. The van der Waals surface area contributed by atoms with Crippen LogP contribution in [-0.4, -0.2) is 24.7 Å². The molecule has 0 aliphatic rings. The number of aliphatic imine (C=N–C) groups is 1. The molecule has 0 amide bonds. The fourth-order valence-electron chi connectivity index (χ4n) is 2.44. The van der Waals surface area contributed by atoms with Crippen LogP contribution in [0.3, 0.4) is 0 Å². The molecular weight excluding hydrogens is 343 g/mol. The number of aryl methyl sites for hydroxylation is 1. The van der Waals surface area contributed by atoms with E-state index in [0.717, 1.165) is 23.4 Å². The fourth-order valence-corrected chi connectivity index (χ4v) is 2.86. The van der Waals surface area contributed by atoms with Gasteiger partial charge in [-0.05, 0) is 24.1 Å². The third-order valence-corrected chi connectivity index (χ3v) is 4.29. The van der Waals surface area contributed by atoms with Crippen molar-refractivity contribution < 1.29 is 8.91 Å². The van der Waals surface area contributed by atoms with E-state index in [4.69, 9.17) is 16.1 Å².